The Morgan fingerprint density at radius 1 is 1.28 bits per heavy atom. The van der Waals surface area contributed by atoms with Crippen LogP contribution in [-0.2, 0) is 9.53 Å². The molecule has 2 aliphatic rings. The van der Waals surface area contributed by atoms with Crippen molar-refractivity contribution in [1.29, 1.82) is 0 Å². The lowest BCUT2D eigenvalue weighted by Crippen LogP contribution is -2.38. The summed E-state index contributed by atoms with van der Waals surface area (Å²) < 4.78 is 5.85. The van der Waals surface area contributed by atoms with Crippen molar-refractivity contribution >= 4 is 5.97 Å². The molecule has 0 N–H and O–H groups in total. The van der Waals surface area contributed by atoms with Gasteiger partial charge in [0, 0.05) is 5.41 Å². The molecule has 1 atom stereocenters. The molecule has 0 saturated heterocycles. The molecule has 2 heteroatoms. The van der Waals surface area contributed by atoms with Crippen molar-refractivity contribution < 1.29 is 9.53 Å². The van der Waals surface area contributed by atoms with Gasteiger partial charge in [-0.1, -0.05) is 39.2 Å². The lowest BCUT2D eigenvalue weighted by Gasteiger charge is -2.38. The Kier molecular flexibility index (Phi) is 4.14. The fraction of sp³-hybridized carbons (Fsp3) is 0.812. The van der Waals surface area contributed by atoms with Gasteiger partial charge in [0.25, 0.3) is 0 Å². The highest BCUT2D eigenvalue weighted by atomic mass is 16.5. The molecule has 0 aromatic carbocycles. The van der Waals surface area contributed by atoms with Crippen LogP contribution < -0.4 is 0 Å². The highest BCUT2D eigenvalue weighted by Gasteiger charge is 2.37. The summed E-state index contributed by atoms with van der Waals surface area (Å²) in [6.45, 7) is 6.52. The molecule has 1 saturated carbocycles. The molecule has 2 nitrogen and oxygen atoms in total. The Balaban J connectivity index is 2.00. The maximum Gasteiger partial charge on any atom is 0.309 e. The third-order valence-corrected chi connectivity index (χ3v) is 4.55. The van der Waals surface area contributed by atoms with E-state index in [0.717, 1.165) is 25.7 Å². The van der Waals surface area contributed by atoms with E-state index in [1.54, 1.807) is 0 Å². The van der Waals surface area contributed by atoms with Gasteiger partial charge in [0.2, 0.25) is 0 Å². The standard InChI is InChI=1S/C16H26O2/c1-12-8-7-11-16(2,3)14(12)18-15(17)13-9-5-4-6-10-13/h8,13-14H,4-7,9-11H2,1-3H3. The Labute approximate surface area is 111 Å². The second-order valence-electron chi connectivity index (χ2n) is 6.63. The number of carbonyl (C=O) groups excluding carboxylic acids is 1. The van der Waals surface area contributed by atoms with Gasteiger partial charge in [-0.2, -0.15) is 0 Å². The first-order valence-electron chi connectivity index (χ1n) is 7.38. The minimum absolute atomic E-state index is 0.0133. The zero-order valence-electron chi connectivity index (χ0n) is 12.0. The van der Waals surface area contributed by atoms with Crippen LogP contribution in [0.1, 0.15) is 65.7 Å². The topological polar surface area (TPSA) is 26.3 Å². The van der Waals surface area contributed by atoms with Crippen LogP contribution in [0.15, 0.2) is 11.6 Å². The van der Waals surface area contributed by atoms with Gasteiger partial charge in [0.05, 0.1) is 5.92 Å². The van der Waals surface area contributed by atoms with E-state index in [2.05, 4.69) is 26.8 Å². The van der Waals surface area contributed by atoms with Crippen LogP contribution >= 0.6 is 0 Å². The normalized spacial score (nSPS) is 28.6. The lowest BCUT2D eigenvalue weighted by molar-refractivity contribution is -0.159. The fourth-order valence-electron chi connectivity index (χ4n) is 3.33. The van der Waals surface area contributed by atoms with Crippen LogP contribution in [0.2, 0.25) is 0 Å². The third kappa shape index (κ3) is 2.96. The smallest absolute Gasteiger partial charge is 0.309 e. The first kappa shape index (κ1) is 13.6. The number of esters is 1. The summed E-state index contributed by atoms with van der Waals surface area (Å²) >= 11 is 0. The first-order chi connectivity index (χ1) is 8.50. The van der Waals surface area contributed by atoms with E-state index in [-0.39, 0.29) is 23.4 Å². The number of ether oxygens (including phenoxy) is 1. The molecule has 2 rings (SSSR count). The van der Waals surface area contributed by atoms with Crippen LogP contribution in [0.4, 0.5) is 0 Å². The predicted octanol–water partition coefficient (Wildman–Crippen LogP) is 4.24. The average Bonchev–Trinajstić information content (AvgIpc) is 2.34. The first-order valence-corrected chi connectivity index (χ1v) is 7.38. The summed E-state index contributed by atoms with van der Waals surface area (Å²) in [6.07, 6.45) is 10.1. The quantitative estimate of drug-likeness (QED) is 0.541. The minimum atomic E-state index is -0.0133. The molecular weight excluding hydrogens is 224 g/mol. The van der Waals surface area contributed by atoms with Gasteiger partial charge in [0.15, 0.2) is 0 Å². The van der Waals surface area contributed by atoms with Crippen LogP contribution in [0.25, 0.3) is 0 Å². The van der Waals surface area contributed by atoms with E-state index in [1.807, 2.05) is 0 Å². The zero-order chi connectivity index (χ0) is 13.2. The van der Waals surface area contributed by atoms with Crippen molar-refractivity contribution in [3.63, 3.8) is 0 Å². The van der Waals surface area contributed by atoms with Crippen LogP contribution in [0, 0.1) is 11.3 Å². The van der Waals surface area contributed by atoms with E-state index in [4.69, 9.17) is 4.74 Å². The molecule has 0 aromatic rings. The fourth-order valence-corrected chi connectivity index (χ4v) is 3.33. The van der Waals surface area contributed by atoms with Crippen molar-refractivity contribution in [3.8, 4) is 0 Å². The van der Waals surface area contributed by atoms with Crippen molar-refractivity contribution in [2.45, 2.75) is 71.8 Å². The summed E-state index contributed by atoms with van der Waals surface area (Å²) in [5.74, 6) is 0.201. The third-order valence-electron chi connectivity index (χ3n) is 4.55. The molecule has 0 aromatic heterocycles. The number of carbonyl (C=O) groups is 1. The van der Waals surface area contributed by atoms with Gasteiger partial charge in [-0.3, -0.25) is 4.79 Å². The predicted molar refractivity (Wildman–Crippen MR) is 73.2 cm³/mol. The van der Waals surface area contributed by atoms with Gasteiger partial charge >= 0.3 is 5.97 Å². The number of rotatable bonds is 2. The average molecular weight is 250 g/mol. The molecule has 0 heterocycles. The Bertz CT molecular complexity index is 335. The molecular formula is C16H26O2. The lowest BCUT2D eigenvalue weighted by atomic mass is 9.75. The van der Waals surface area contributed by atoms with E-state index < -0.39 is 0 Å². The summed E-state index contributed by atoms with van der Waals surface area (Å²) in [6, 6.07) is 0. The molecule has 102 valence electrons. The molecule has 0 spiro atoms. The summed E-state index contributed by atoms with van der Waals surface area (Å²) in [7, 11) is 0. The molecule has 0 amide bonds. The maximum atomic E-state index is 12.3. The SMILES string of the molecule is CC1=CCCC(C)(C)C1OC(=O)C1CCCCC1. The van der Waals surface area contributed by atoms with Crippen LogP contribution in [0.3, 0.4) is 0 Å². The second kappa shape index (κ2) is 5.46. The minimum Gasteiger partial charge on any atom is -0.457 e. The van der Waals surface area contributed by atoms with E-state index in [1.165, 1.54) is 24.8 Å². The molecule has 1 unspecified atom stereocenters. The van der Waals surface area contributed by atoms with Crippen molar-refractivity contribution in [1.82, 2.24) is 0 Å². The van der Waals surface area contributed by atoms with Gasteiger partial charge in [-0.15, -0.1) is 0 Å². The maximum absolute atomic E-state index is 12.3. The van der Waals surface area contributed by atoms with Gasteiger partial charge < -0.3 is 4.74 Å². The Morgan fingerprint density at radius 3 is 2.56 bits per heavy atom. The van der Waals surface area contributed by atoms with Crippen molar-refractivity contribution in [3.05, 3.63) is 11.6 Å². The molecule has 2 aliphatic carbocycles. The molecule has 1 fully saturated rings. The van der Waals surface area contributed by atoms with E-state index in [9.17, 15) is 4.79 Å². The van der Waals surface area contributed by atoms with E-state index >= 15 is 0 Å². The van der Waals surface area contributed by atoms with Gasteiger partial charge in [-0.25, -0.2) is 0 Å². The molecule has 0 aliphatic heterocycles. The van der Waals surface area contributed by atoms with Crippen LogP contribution in [-0.4, -0.2) is 12.1 Å². The number of hydrogen-bond acceptors (Lipinski definition) is 2. The largest absolute Gasteiger partial charge is 0.457 e. The van der Waals surface area contributed by atoms with Crippen molar-refractivity contribution in [2.24, 2.45) is 11.3 Å². The highest BCUT2D eigenvalue weighted by molar-refractivity contribution is 5.73. The molecule has 0 bridgehead atoms. The Morgan fingerprint density at radius 2 is 1.94 bits per heavy atom. The number of hydrogen-bond donors (Lipinski definition) is 0. The number of allylic oxidation sites excluding steroid dienone is 1. The zero-order valence-corrected chi connectivity index (χ0v) is 12.0. The highest BCUT2D eigenvalue weighted by Crippen LogP contribution is 2.38. The van der Waals surface area contributed by atoms with Gasteiger partial charge in [-0.05, 0) is 38.2 Å². The summed E-state index contributed by atoms with van der Waals surface area (Å²) in [5.41, 5.74) is 1.32. The summed E-state index contributed by atoms with van der Waals surface area (Å²) in [5, 5.41) is 0. The van der Waals surface area contributed by atoms with Gasteiger partial charge in [0.1, 0.15) is 6.10 Å². The van der Waals surface area contributed by atoms with E-state index in [0.29, 0.717) is 0 Å². The monoisotopic (exact) mass is 250 g/mol. The summed E-state index contributed by atoms with van der Waals surface area (Å²) in [4.78, 5) is 12.3. The van der Waals surface area contributed by atoms with Crippen LogP contribution in [0.5, 0.6) is 0 Å². The Hall–Kier alpha value is -0.790. The van der Waals surface area contributed by atoms with Crippen molar-refractivity contribution in [2.75, 3.05) is 0 Å². The molecule has 18 heavy (non-hydrogen) atoms. The molecule has 0 radical (unpaired) electrons. The second-order valence-corrected chi connectivity index (χ2v) is 6.63.